The number of benzene rings is 1. The highest BCUT2D eigenvalue weighted by molar-refractivity contribution is 6.04. The van der Waals surface area contributed by atoms with Gasteiger partial charge in [-0.1, -0.05) is 6.07 Å². The number of nitrogens with one attached hydrogen (secondary N) is 2. The van der Waals surface area contributed by atoms with E-state index in [9.17, 15) is 4.79 Å². The molecule has 0 radical (unpaired) electrons. The van der Waals surface area contributed by atoms with Crippen LogP contribution < -0.4 is 10.1 Å². The number of ether oxygens (including phenoxy) is 1. The monoisotopic (exact) mass is 271 g/mol. The van der Waals surface area contributed by atoms with Gasteiger partial charge in [0.1, 0.15) is 5.75 Å². The zero-order valence-corrected chi connectivity index (χ0v) is 11.6. The second kappa shape index (κ2) is 5.00. The lowest BCUT2D eigenvalue weighted by atomic mass is 10.1. The molecule has 5 heteroatoms. The lowest BCUT2D eigenvalue weighted by molar-refractivity contribution is 0.102. The van der Waals surface area contributed by atoms with E-state index in [2.05, 4.69) is 21.6 Å². The van der Waals surface area contributed by atoms with Crippen LogP contribution in [-0.4, -0.2) is 23.2 Å². The number of anilines is 1. The standard InChI is InChI=1S/C15H17N3O2/c1-9-8-12(18-17-9)15(19)16-14-11-5-3-4-10(11)6-7-13(14)20-2/h6-8H,3-5H2,1-2H3,(H,16,19)(H,17,18). The molecule has 0 saturated heterocycles. The van der Waals surface area contributed by atoms with Crippen molar-refractivity contribution in [3.8, 4) is 5.75 Å². The average Bonchev–Trinajstić information content (AvgIpc) is 3.07. The lowest BCUT2D eigenvalue weighted by Crippen LogP contribution is -2.14. The molecule has 1 heterocycles. The molecule has 2 N–H and O–H groups in total. The number of carbonyl (C=O) groups excluding carboxylic acids is 1. The minimum atomic E-state index is -0.215. The van der Waals surface area contributed by atoms with Gasteiger partial charge >= 0.3 is 0 Å². The van der Waals surface area contributed by atoms with Gasteiger partial charge in [-0.2, -0.15) is 5.10 Å². The summed E-state index contributed by atoms with van der Waals surface area (Å²) in [7, 11) is 1.62. The van der Waals surface area contributed by atoms with Crippen LogP contribution in [0.2, 0.25) is 0 Å². The molecule has 0 spiro atoms. The summed E-state index contributed by atoms with van der Waals surface area (Å²) in [5.41, 5.74) is 4.51. The van der Waals surface area contributed by atoms with Crippen LogP contribution in [0.3, 0.4) is 0 Å². The van der Waals surface area contributed by atoms with Gasteiger partial charge < -0.3 is 10.1 Å². The Balaban J connectivity index is 1.94. The van der Waals surface area contributed by atoms with E-state index in [0.29, 0.717) is 11.4 Å². The lowest BCUT2D eigenvalue weighted by Gasteiger charge is -2.14. The number of rotatable bonds is 3. The Morgan fingerprint density at radius 2 is 2.25 bits per heavy atom. The zero-order chi connectivity index (χ0) is 14.1. The Morgan fingerprint density at radius 3 is 2.95 bits per heavy atom. The van der Waals surface area contributed by atoms with Crippen molar-refractivity contribution in [2.75, 3.05) is 12.4 Å². The fraction of sp³-hybridized carbons (Fsp3) is 0.333. The number of aromatic nitrogens is 2. The Bertz CT molecular complexity index is 661. The Morgan fingerprint density at radius 1 is 1.40 bits per heavy atom. The molecule has 104 valence electrons. The number of aromatic amines is 1. The second-order valence-electron chi connectivity index (χ2n) is 5.02. The number of aryl methyl sites for hydroxylation is 2. The van der Waals surface area contributed by atoms with E-state index in [1.54, 1.807) is 13.2 Å². The van der Waals surface area contributed by atoms with Crippen LogP contribution in [0.15, 0.2) is 18.2 Å². The van der Waals surface area contributed by atoms with E-state index in [0.717, 1.165) is 30.6 Å². The average molecular weight is 271 g/mol. The van der Waals surface area contributed by atoms with Gasteiger partial charge in [0, 0.05) is 5.69 Å². The maximum Gasteiger partial charge on any atom is 0.276 e. The van der Waals surface area contributed by atoms with Crippen molar-refractivity contribution in [2.24, 2.45) is 0 Å². The maximum absolute atomic E-state index is 12.2. The molecule has 0 saturated carbocycles. The summed E-state index contributed by atoms with van der Waals surface area (Å²) in [5, 5.41) is 9.70. The van der Waals surface area contributed by atoms with Gasteiger partial charge in [-0.15, -0.1) is 0 Å². The minimum absolute atomic E-state index is 0.215. The molecule has 1 aliphatic rings. The van der Waals surface area contributed by atoms with Crippen LogP contribution in [0.1, 0.15) is 33.7 Å². The van der Waals surface area contributed by atoms with E-state index in [1.165, 1.54) is 11.1 Å². The third-order valence-electron chi connectivity index (χ3n) is 3.64. The Labute approximate surface area is 117 Å². The summed E-state index contributed by atoms with van der Waals surface area (Å²) in [6.45, 7) is 1.87. The number of H-pyrrole nitrogens is 1. The third-order valence-corrected chi connectivity index (χ3v) is 3.64. The number of hydrogen-bond donors (Lipinski definition) is 2. The third kappa shape index (κ3) is 2.15. The van der Waals surface area contributed by atoms with Gasteiger partial charge in [0.25, 0.3) is 5.91 Å². The van der Waals surface area contributed by atoms with Gasteiger partial charge in [-0.3, -0.25) is 9.89 Å². The molecule has 0 fully saturated rings. The summed E-state index contributed by atoms with van der Waals surface area (Å²) in [5.74, 6) is 0.485. The van der Waals surface area contributed by atoms with Crippen molar-refractivity contribution in [1.29, 1.82) is 0 Å². The predicted molar refractivity (Wildman–Crippen MR) is 76.3 cm³/mol. The van der Waals surface area contributed by atoms with E-state index in [4.69, 9.17) is 4.74 Å². The van der Waals surface area contributed by atoms with Gasteiger partial charge in [0.2, 0.25) is 0 Å². The molecule has 2 aromatic rings. The molecule has 3 rings (SSSR count). The number of methoxy groups -OCH3 is 1. The van der Waals surface area contributed by atoms with Crippen molar-refractivity contribution in [3.63, 3.8) is 0 Å². The molecule has 1 aliphatic carbocycles. The molecule has 5 nitrogen and oxygen atoms in total. The maximum atomic E-state index is 12.2. The van der Waals surface area contributed by atoms with Gasteiger partial charge in [0.05, 0.1) is 12.8 Å². The van der Waals surface area contributed by atoms with E-state index < -0.39 is 0 Å². The topological polar surface area (TPSA) is 67.0 Å². The van der Waals surface area contributed by atoms with Crippen LogP contribution in [-0.2, 0) is 12.8 Å². The SMILES string of the molecule is COc1ccc2c(c1NC(=O)c1cc(C)[nH]n1)CCC2. The van der Waals surface area contributed by atoms with Crippen molar-refractivity contribution in [1.82, 2.24) is 10.2 Å². The molecular weight excluding hydrogens is 254 g/mol. The van der Waals surface area contributed by atoms with E-state index in [-0.39, 0.29) is 5.91 Å². The van der Waals surface area contributed by atoms with E-state index in [1.807, 2.05) is 13.0 Å². The quantitative estimate of drug-likeness (QED) is 0.901. The highest BCUT2D eigenvalue weighted by Crippen LogP contribution is 2.36. The van der Waals surface area contributed by atoms with Gasteiger partial charge in [-0.05, 0) is 49.4 Å². The van der Waals surface area contributed by atoms with Crippen molar-refractivity contribution in [3.05, 3.63) is 40.7 Å². The summed E-state index contributed by atoms with van der Waals surface area (Å²) in [6.07, 6.45) is 3.15. The minimum Gasteiger partial charge on any atom is -0.495 e. The predicted octanol–water partition coefficient (Wildman–Crippen LogP) is 2.47. The number of fused-ring (bicyclic) bond motifs is 1. The smallest absolute Gasteiger partial charge is 0.276 e. The van der Waals surface area contributed by atoms with Crippen LogP contribution in [0, 0.1) is 6.92 Å². The van der Waals surface area contributed by atoms with Crippen LogP contribution in [0.5, 0.6) is 5.75 Å². The van der Waals surface area contributed by atoms with Crippen LogP contribution >= 0.6 is 0 Å². The van der Waals surface area contributed by atoms with Gasteiger partial charge in [0.15, 0.2) is 5.69 Å². The van der Waals surface area contributed by atoms with E-state index >= 15 is 0 Å². The number of hydrogen-bond acceptors (Lipinski definition) is 3. The highest BCUT2D eigenvalue weighted by Gasteiger charge is 2.21. The zero-order valence-electron chi connectivity index (χ0n) is 11.6. The van der Waals surface area contributed by atoms with Gasteiger partial charge in [-0.25, -0.2) is 0 Å². The molecule has 0 atom stereocenters. The first-order valence-electron chi connectivity index (χ1n) is 6.71. The molecule has 1 amide bonds. The molecule has 0 unspecified atom stereocenters. The highest BCUT2D eigenvalue weighted by atomic mass is 16.5. The second-order valence-corrected chi connectivity index (χ2v) is 5.02. The summed E-state index contributed by atoms with van der Waals surface area (Å²) < 4.78 is 5.37. The number of carbonyl (C=O) groups is 1. The molecular formula is C15H17N3O2. The normalized spacial score (nSPS) is 13.1. The van der Waals surface area contributed by atoms with Crippen LogP contribution in [0.4, 0.5) is 5.69 Å². The van der Waals surface area contributed by atoms with Crippen molar-refractivity contribution < 1.29 is 9.53 Å². The fourth-order valence-corrected chi connectivity index (χ4v) is 2.66. The number of nitrogens with zero attached hydrogens (tertiary/aromatic N) is 1. The first-order chi connectivity index (χ1) is 9.69. The molecule has 20 heavy (non-hydrogen) atoms. The van der Waals surface area contributed by atoms with Crippen LogP contribution in [0.25, 0.3) is 0 Å². The Kier molecular flexibility index (Phi) is 3.18. The molecule has 0 bridgehead atoms. The first-order valence-corrected chi connectivity index (χ1v) is 6.71. The summed E-state index contributed by atoms with van der Waals surface area (Å²) in [6, 6.07) is 5.72. The molecule has 1 aromatic heterocycles. The van der Waals surface area contributed by atoms with Crippen molar-refractivity contribution >= 4 is 11.6 Å². The summed E-state index contributed by atoms with van der Waals surface area (Å²) >= 11 is 0. The van der Waals surface area contributed by atoms with Crippen molar-refractivity contribution in [2.45, 2.75) is 26.2 Å². The summed E-state index contributed by atoms with van der Waals surface area (Å²) in [4.78, 5) is 12.2. The molecule has 0 aliphatic heterocycles. The Hall–Kier alpha value is -2.30. The fourth-order valence-electron chi connectivity index (χ4n) is 2.66. The largest absolute Gasteiger partial charge is 0.495 e. The number of amides is 1. The first kappa shape index (κ1) is 12.7. The molecule has 1 aromatic carbocycles.